The number of ether oxygens (including phenoxy) is 2. The predicted molar refractivity (Wildman–Crippen MR) is 110 cm³/mol. The molecule has 142 valence electrons. The van der Waals surface area contributed by atoms with Crippen LogP contribution in [0.1, 0.15) is 68.2 Å². The first-order chi connectivity index (χ1) is 12.7. The van der Waals surface area contributed by atoms with Crippen molar-refractivity contribution >= 4 is 0 Å². The molecular formula is C24H34O2. The Morgan fingerprint density at radius 3 is 1.85 bits per heavy atom. The summed E-state index contributed by atoms with van der Waals surface area (Å²) in [6.45, 7) is 10.0. The van der Waals surface area contributed by atoms with Crippen LogP contribution in [0.15, 0.2) is 36.4 Å². The standard InChI is InChI=1S/C24H34O2/c1-5-7-9-10-21-11-13-22(14-12-21)18-26-24-16-15-23(19(3)20(24)4)25-17-8-6-2/h11-16H,5-10,17-18H2,1-4H3. The minimum atomic E-state index is 0.603. The lowest BCUT2D eigenvalue weighted by atomic mass is 10.1. The second-order valence-corrected chi connectivity index (χ2v) is 7.08. The van der Waals surface area contributed by atoms with Crippen molar-refractivity contribution in [2.45, 2.75) is 72.8 Å². The molecule has 0 atom stereocenters. The molecule has 0 amide bonds. The van der Waals surface area contributed by atoms with Crippen LogP contribution in [0, 0.1) is 13.8 Å². The van der Waals surface area contributed by atoms with E-state index in [4.69, 9.17) is 9.47 Å². The van der Waals surface area contributed by atoms with E-state index in [2.05, 4.69) is 52.0 Å². The molecule has 0 fully saturated rings. The molecule has 0 bridgehead atoms. The monoisotopic (exact) mass is 354 g/mol. The van der Waals surface area contributed by atoms with Crippen molar-refractivity contribution in [2.24, 2.45) is 0 Å². The molecule has 2 aromatic carbocycles. The Bertz CT molecular complexity index is 659. The summed E-state index contributed by atoms with van der Waals surface area (Å²) < 4.78 is 11.9. The first kappa shape index (κ1) is 20.4. The van der Waals surface area contributed by atoms with Gasteiger partial charge >= 0.3 is 0 Å². The van der Waals surface area contributed by atoms with Gasteiger partial charge in [-0.1, -0.05) is 57.4 Å². The van der Waals surface area contributed by atoms with Crippen molar-refractivity contribution in [1.82, 2.24) is 0 Å². The smallest absolute Gasteiger partial charge is 0.123 e. The molecule has 2 heteroatoms. The number of hydrogen-bond donors (Lipinski definition) is 0. The molecule has 26 heavy (non-hydrogen) atoms. The second-order valence-electron chi connectivity index (χ2n) is 7.08. The highest BCUT2D eigenvalue weighted by Crippen LogP contribution is 2.30. The van der Waals surface area contributed by atoms with Crippen LogP contribution in [-0.4, -0.2) is 6.61 Å². The third-order valence-electron chi connectivity index (χ3n) is 4.93. The van der Waals surface area contributed by atoms with E-state index >= 15 is 0 Å². The molecular weight excluding hydrogens is 320 g/mol. The summed E-state index contributed by atoms with van der Waals surface area (Å²) in [6, 6.07) is 12.9. The Labute approximate surface area is 159 Å². The zero-order valence-corrected chi connectivity index (χ0v) is 16.9. The summed E-state index contributed by atoms with van der Waals surface area (Å²) >= 11 is 0. The van der Waals surface area contributed by atoms with Crippen molar-refractivity contribution in [2.75, 3.05) is 6.61 Å². The summed E-state index contributed by atoms with van der Waals surface area (Å²) in [4.78, 5) is 0. The van der Waals surface area contributed by atoms with Gasteiger partial charge in [-0.3, -0.25) is 0 Å². The third kappa shape index (κ3) is 6.09. The molecule has 0 unspecified atom stereocenters. The van der Waals surface area contributed by atoms with Crippen molar-refractivity contribution in [3.63, 3.8) is 0 Å². The predicted octanol–water partition coefficient (Wildman–Crippen LogP) is 6.79. The lowest BCUT2D eigenvalue weighted by Gasteiger charge is -2.15. The summed E-state index contributed by atoms with van der Waals surface area (Å²) in [5, 5.41) is 0. The lowest BCUT2D eigenvalue weighted by molar-refractivity contribution is 0.295. The molecule has 2 rings (SSSR count). The Hall–Kier alpha value is -1.96. The maximum atomic E-state index is 6.07. The minimum Gasteiger partial charge on any atom is -0.493 e. The fraction of sp³-hybridized carbons (Fsp3) is 0.500. The van der Waals surface area contributed by atoms with Gasteiger partial charge in [-0.2, -0.15) is 0 Å². The minimum absolute atomic E-state index is 0.603. The molecule has 2 aromatic rings. The van der Waals surface area contributed by atoms with Gasteiger partial charge < -0.3 is 9.47 Å². The average Bonchev–Trinajstić information content (AvgIpc) is 2.66. The molecule has 0 saturated heterocycles. The zero-order chi connectivity index (χ0) is 18.8. The first-order valence-corrected chi connectivity index (χ1v) is 10.1. The third-order valence-corrected chi connectivity index (χ3v) is 4.93. The number of hydrogen-bond acceptors (Lipinski definition) is 2. The van der Waals surface area contributed by atoms with E-state index in [1.54, 1.807) is 0 Å². The average molecular weight is 355 g/mol. The Morgan fingerprint density at radius 2 is 1.23 bits per heavy atom. The van der Waals surface area contributed by atoms with E-state index < -0.39 is 0 Å². The number of benzene rings is 2. The van der Waals surface area contributed by atoms with E-state index in [0.29, 0.717) is 6.61 Å². The quantitative estimate of drug-likeness (QED) is 0.413. The zero-order valence-electron chi connectivity index (χ0n) is 16.9. The van der Waals surface area contributed by atoms with E-state index in [-0.39, 0.29) is 0 Å². The van der Waals surface area contributed by atoms with Gasteiger partial charge in [0.15, 0.2) is 0 Å². The van der Waals surface area contributed by atoms with Crippen LogP contribution in [0.25, 0.3) is 0 Å². The van der Waals surface area contributed by atoms with Gasteiger partial charge in [0.25, 0.3) is 0 Å². The summed E-state index contributed by atoms with van der Waals surface area (Å²) in [7, 11) is 0. The van der Waals surface area contributed by atoms with Crippen molar-refractivity contribution < 1.29 is 9.47 Å². The molecule has 0 aliphatic rings. The molecule has 0 heterocycles. The van der Waals surface area contributed by atoms with Crippen LogP contribution in [0.4, 0.5) is 0 Å². The lowest BCUT2D eigenvalue weighted by Crippen LogP contribution is -2.02. The topological polar surface area (TPSA) is 18.5 Å². The Balaban J connectivity index is 1.91. The Kier molecular flexibility index (Phi) is 8.53. The van der Waals surface area contributed by atoms with E-state index in [1.165, 1.54) is 42.4 Å². The highest BCUT2D eigenvalue weighted by molar-refractivity contribution is 5.47. The largest absolute Gasteiger partial charge is 0.493 e. The van der Waals surface area contributed by atoms with Gasteiger partial charge in [0.1, 0.15) is 18.1 Å². The number of rotatable bonds is 11. The van der Waals surface area contributed by atoms with E-state index in [9.17, 15) is 0 Å². The normalized spacial score (nSPS) is 10.8. The van der Waals surface area contributed by atoms with Crippen LogP contribution in [0.5, 0.6) is 11.5 Å². The van der Waals surface area contributed by atoms with E-state index in [1.807, 2.05) is 12.1 Å². The molecule has 0 aliphatic heterocycles. The van der Waals surface area contributed by atoms with Gasteiger partial charge in [-0.25, -0.2) is 0 Å². The van der Waals surface area contributed by atoms with Crippen LogP contribution >= 0.6 is 0 Å². The van der Waals surface area contributed by atoms with Crippen molar-refractivity contribution in [3.8, 4) is 11.5 Å². The number of aryl methyl sites for hydroxylation is 1. The fourth-order valence-electron chi connectivity index (χ4n) is 2.95. The van der Waals surface area contributed by atoms with Gasteiger partial charge in [-0.05, 0) is 67.5 Å². The van der Waals surface area contributed by atoms with Crippen molar-refractivity contribution in [3.05, 3.63) is 58.7 Å². The van der Waals surface area contributed by atoms with E-state index in [0.717, 1.165) is 36.5 Å². The molecule has 0 saturated carbocycles. The summed E-state index contributed by atoms with van der Waals surface area (Å²) in [5.74, 6) is 1.91. The Morgan fingerprint density at radius 1 is 0.654 bits per heavy atom. The van der Waals surface area contributed by atoms with Gasteiger partial charge in [-0.15, -0.1) is 0 Å². The molecule has 0 radical (unpaired) electrons. The second kappa shape index (κ2) is 10.9. The van der Waals surface area contributed by atoms with Crippen LogP contribution in [0.2, 0.25) is 0 Å². The molecule has 0 N–H and O–H groups in total. The van der Waals surface area contributed by atoms with Gasteiger partial charge in [0.2, 0.25) is 0 Å². The van der Waals surface area contributed by atoms with Crippen molar-refractivity contribution in [1.29, 1.82) is 0 Å². The number of unbranched alkanes of at least 4 members (excludes halogenated alkanes) is 3. The summed E-state index contributed by atoms with van der Waals surface area (Å²) in [6.07, 6.45) is 7.26. The molecule has 0 aromatic heterocycles. The van der Waals surface area contributed by atoms with Crippen LogP contribution < -0.4 is 9.47 Å². The fourth-order valence-corrected chi connectivity index (χ4v) is 2.95. The molecule has 0 aliphatic carbocycles. The molecule has 0 spiro atoms. The van der Waals surface area contributed by atoms with Crippen LogP contribution in [-0.2, 0) is 13.0 Å². The summed E-state index contributed by atoms with van der Waals surface area (Å²) in [5.41, 5.74) is 4.97. The molecule has 2 nitrogen and oxygen atoms in total. The maximum absolute atomic E-state index is 6.07. The SMILES string of the molecule is CCCCCc1ccc(COc2ccc(OCCCC)c(C)c2C)cc1. The highest BCUT2D eigenvalue weighted by atomic mass is 16.5. The van der Waals surface area contributed by atoms with Gasteiger partial charge in [0.05, 0.1) is 6.61 Å². The van der Waals surface area contributed by atoms with Crippen LogP contribution in [0.3, 0.4) is 0 Å². The van der Waals surface area contributed by atoms with Gasteiger partial charge in [0, 0.05) is 0 Å². The highest BCUT2D eigenvalue weighted by Gasteiger charge is 2.09. The first-order valence-electron chi connectivity index (χ1n) is 10.1. The maximum Gasteiger partial charge on any atom is 0.123 e.